The molecule has 0 fully saturated rings. The van der Waals surface area contributed by atoms with Gasteiger partial charge in [-0.2, -0.15) is 0 Å². The molecule has 10 heavy (non-hydrogen) atoms. The molecule has 62 valence electrons. The number of carboxylic acids is 1. The fourth-order valence-electron chi connectivity index (χ4n) is 0.634. The minimum Gasteiger partial charge on any atom is -0.481 e. The third-order valence-electron chi connectivity index (χ3n) is 1.41. The number of aliphatic carboxylic acids is 1. The predicted octanol–water partition coefficient (Wildman–Crippen LogP) is 2.32. The smallest absolute Gasteiger partial charge is 0.306 e. The number of rotatable bonds is 4. The minimum absolute atomic E-state index is 0. The van der Waals surface area contributed by atoms with Gasteiger partial charge in [-0.05, 0) is 6.42 Å². The zero-order valence-electron chi connectivity index (χ0n) is 6.46. The molecule has 0 bridgehead atoms. The van der Waals surface area contributed by atoms with Crippen LogP contribution in [0.1, 0.15) is 33.1 Å². The number of hydrogen-bond acceptors (Lipinski definition) is 1. The van der Waals surface area contributed by atoms with E-state index in [9.17, 15) is 4.79 Å². The molecule has 0 aliphatic carbocycles. The predicted molar refractivity (Wildman–Crippen MR) is 43.6 cm³/mol. The highest BCUT2D eigenvalue weighted by atomic mass is 35.5. The second kappa shape index (κ2) is 6.87. The largest absolute Gasteiger partial charge is 0.481 e. The van der Waals surface area contributed by atoms with E-state index in [1.54, 1.807) is 6.92 Å². The lowest BCUT2D eigenvalue weighted by Gasteiger charge is -2.02. The molecule has 0 saturated carbocycles. The van der Waals surface area contributed by atoms with Crippen LogP contribution in [0.2, 0.25) is 0 Å². The van der Waals surface area contributed by atoms with Gasteiger partial charge in [0.1, 0.15) is 0 Å². The summed E-state index contributed by atoms with van der Waals surface area (Å²) in [6.07, 6.45) is 2.91. The number of carboxylic acid groups (broad SMARTS) is 1. The van der Waals surface area contributed by atoms with Gasteiger partial charge in [-0.15, -0.1) is 12.4 Å². The first kappa shape index (κ1) is 12.4. The maximum Gasteiger partial charge on any atom is 0.306 e. The van der Waals surface area contributed by atoms with E-state index in [0.29, 0.717) is 0 Å². The Balaban J connectivity index is 0. The van der Waals surface area contributed by atoms with Gasteiger partial charge in [-0.25, -0.2) is 0 Å². The van der Waals surface area contributed by atoms with Crippen LogP contribution in [-0.2, 0) is 4.79 Å². The van der Waals surface area contributed by atoms with Gasteiger partial charge >= 0.3 is 5.97 Å². The molecule has 1 atom stereocenters. The number of carbonyl (C=O) groups is 1. The van der Waals surface area contributed by atoms with Crippen LogP contribution in [0.25, 0.3) is 0 Å². The lowest BCUT2D eigenvalue weighted by molar-refractivity contribution is -0.141. The van der Waals surface area contributed by atoms with Crippen LogP contribution in [0, 0.1) is 5.92 Å². The van der Waals surface area contributed by atoms with Crippen molar-refractivity contribution in [3.8, 4) is 0 Å². The normalized spacial score (nSPS) is 11.8. The lowest BCUT2D eigenvalue weighted by atomic mass is 10.1. The molecule has 1 unspecified atom stereocenters. The van der Waals surface area contributed by atoms with E-state index < -0.39 is 5.97 Å². The standard InChI is InChI=1S/C7H14O2.ClH/c1-3-4-5-6(2)7(8)9;/h6H,3-5H2,1-2H3,(H,8,9);1H. The van der Waals surface area contributed by atoms with Gasteiger partial charge in [0, 0.05) is 0 Å². The van der Waals surface area contributed by atoms with Crippen molar-refractivity contribution in [3.05, 3.63) is 0 Å². The first-order valence-corrected chi connectivity index (χ1v) is 3.41. The summed E-state index contributed by atoms with van der Waals surface area (Å²) in [5.74, 6) is -0.839. The molecule has 3 heteroatoms. The second-order valence-electron chi connectivity index (χ2n) is 2.38. The van der Waals surface area contributed by atoms with Crippen LogP contribution in [0.5, 0.6) is 0 Å². The zero-order valence-corrected chi connectivity index (χ0v) is 7.28. The summed E-state index contributed by atoms with van der Waals surface area (Å²) in [6.45, 7) is 3.81. The van der Waals surface area contributed by atoms with Crippen LogP contribution < -0.4 is 0 Å². The Hall–Kier alpha value is -0.240. The highest BCUT2D eigenvalue weighted by Crippen LogP contribution is 2.06. The zero-order chi connectivity index (χ0) is 7.28. The first-order valence-electron chi connectivity index (χ1n) is 3.41. The molecular formula is C7H15ClO2. The SMILES string of the molecule is CCCCC(C)C(=O)O.Cl. The first-order chi connectivity index (χ1) is 4.18. The monoisotopic (exact) mass is 166 g/mol. The molecular weight excluding hydrogens is 152 g/mol. The lowest BCUT2D eigenvalue weighted by Crippen LogP contribution is -2.08. The third kappa shape index (κ3) is 5.89. The minimum atomic E-state index is -0.677. The van der Waals surface area contributed by atoms with Crippen molar-refractivity contribution in [1.82, 2.24) is 0 Å². The third-order valence-corrected chi connectivity index (χ3v) is 1.41. The van der Waals surface area contributed by atoms with E-state index in [-0.39, 0.29) is 18.3 Å². The molecule has 0 aliphatic heterocycles. The van der Waals surface area contributed by atoms with Crippen LogP contribution >= 0.6 is 12.4 Å². The average molecular weight is 167 g/mol. The molecule has 0 spiro atoms. The molecule has 0 saturated heterocycles. The molecule has 1 N–H and O–H groups in total. The van der Waals surface area contributed by atoms with Gasteiger partial charge in [0.2, 0.25) is 0 Å². The molecule has 0 radical (unpaired) electrons. The van der Waals surface area contributed by atoms with Crippen molar-refractivity contribution in [2.75, 3.05) is 0 Å². The highest BCUT2D eigenvalue weighted by Gasteiger charge is 2.08. The summed E-state index contributed by atoms with van der Waals surface area (Å²) in [6, 6.07) is 0. The van der Waals surface area contributed by atoms with E-state index in [4.69, 9.17) is 5.11 Å². The Kier molecular flexibility index (Phi) is 8.55. The Morgan fingerprint density at radius 2 is 2.10 bits per heavy atom. The van der Waals surface area contributed by atoms with Crippen LogP contribution in [-0.4, -0.2) is 11.1 Å². The topological polar surface area (TPSA) is 37.3 Å². The van der Waals surface area contributed by atoms with Gasteiger partial charge in [-0.1, -0.05) is 26.7 Å². The van der Waals surface area contributed by atoms with Gasteiger partial charge in [0.25, 0.3) is 0 Å². The fourth-order valence-corrected chi connectivity index (χ4v) is 0.634. The van der Waals surface area contributed by atoms with Gasteiger partial charge in [0.05, 0.1) is 5.92 Å². The molecule has 0 aromatic carbocycles. The summed E-state index contributed by atoms with van der Waals surface area (Å²) in [4.78, 5) is 10.2. The number of hydrogen-bond donors (Lipinski definition) is 1. The van der Waals surface area contributed by atoms with Crippen LogP contribution in [0.15, 0.2) is 0 Å². The van der Waals surface area contributed by atoms with Gasteiger partial charge < -0.3 is 5.11 Å². The molecule has 0 heterocycles. The summed E-state index contributed by atoms with van der Waals surface area (Å²) < 4.78 is 0. The Labute approximate surface area is 68.0 Å². The van der Waals surface area contributed by atoms with Crippen molar-refractivity contribution in [2.45, 2.75) is 33.1 Å². The Morgan fingerprint density at radius 3 is 2.40 bits per heavy atom. The van der Waals surface area contributed by atoms with E-state index >= 15 is 0 Å². The molecule has 0 amide bonds. The van der Waals surface area contributed by atoms with E-state index in [1.807, 2.05) is 0 Å². The summed E-state index contributed by atoms with van der Waals surface area (Å²) in [5.41, 5.74) is 0. The Bertz CT molecular complexity index is 93.6. The van der Waals surface area contributed by atoms with Crippen molar-refractivity contribution in [1.29, 1.82) is 0 Å². The van der Waals surface area contributed by atoms with Crippen molar-refractivity contribution in [3.63, 3.8) is 0 Å². The van der Waals surface area contributed by atoms with Crippen molar-refractivity contribution >= 4 is 18.4 Å². The maximum absolute atomic E-state index is 10.2. The molecule has 0 aromatic heterocycles. The molecule has 2 nitrogen and oxygen atoms in total. The Morgan fingerprint density at radius 1 is 1.60 bits per heavy atom. The van der Waals surface area contributed by atoms with Gasteiger partial charge in [-0.3, -0.25) is 4.79 Å². The molecule has 0 rings (SSSR count). The van der Waals surface area contributed by atoms with E-state index in [0.717, 1.165) is 19.3 Å². The van der Waals surface area contributed by atoms with Gasteiger partial charge in [0.15, 0.2) is 0 Å². The fraction of sp³-hybridized carbons (Fsp3) is 0.857. The van der Waals surface area contributed by atoms with E-state index in [1.165, 1.54) is 0 Å². The quantitative estimate of drug-likeness (QED) is 0.696. The second-order valence-corrected chi connectivity index (χ2v) is 2.38. The summed E-state index contributed by atoms with van der Waals surface area (Å²) in [7, 11) is 0. The average Bonchev–Trinajstić information content (AvgIpc) is 1.82. The molecule has 0 aromatic rings. The number of halogens is 1. The van der Waals surface area contributed by atoms with Crippen molar-refractivity contribution in [2.24, 2.45) is 5.92 Å². The summed E-state index contributed by atoms with van der Waals surface area (Å²) >= 11 is 0. The van der Waals surface area contributed by atoms with Crippen LogP contribution in [0.4, 0.5) is 0 Å². The summed E-state index contributed by atoms with van der Waals surface area (Å²) in [5, 5.41) is 8.41. The maximum atomic E-state index is 10.2. The van der Waals surface area contributed by atoms with Crippen molar-refractivity contribution < 1.29 is 9.90 Å². The van der Waals surface area contributed by atoms with Crippen LogP contribution in [0.3, 0.4) is 0 Å². The number of unbranched alkanes of at least 4 members (excludes halogenated alkanes) is 1. The van der Waals surface area contributed by atoms with E-state index in [2.05, 4.69) is 6.92 Å². The highest BCUT2D eigenvalue weighted by molar-refractivity contribution is 5.85. The molecule has 0 aliphatic rings.